The SMILES string of the molecule is CNC(O)c1ccc(SC(C)C)cc1. The molecule has 2 nitrogen and oxygen atoms in total. The van der Waals surface area contributed by atoms with E-state index in [1.54, 1.807) is 7.05 Å². The molecule has 3 heteroatoms. The van der Waals surface area contributed by atoms with Gasteiger partial charge in [-0.3, -0.25) is 5.32 Å². The van der Waals surface area contributed by atoms with Crippen LogP contribution in [0.25, 0.3) is 0 Å². The molecule has 0 saturated carbocycles. The third kappa shape index (κ3) is 3.33. The van der Waals surface area contributed by atoms with Gasteiger partial charge in [-0.05, 0) is 24.7 Å². The molecule has 0 aromatic heterocycles. The zero-order valence-corrected chi connectivity index (χ0v) is 9.64. The minimum absolute atomic E-state index is 0.562. The summed E-state index contributed by atoms with van der Waals surface area (Å²) in [6.45, 7) is 4.34. The van der Waals surface area contributed by atoms with Gasteiger partial charge in [-0.25, -0.2) is 0 Å². The first kappa shape index (κ1) is 11.6. The zero-order chi connectivity index (χ0) is 10.6. The minimum atomic E-state index is -0.562. The molecule has 1 aromatic rings. The van der Waals surface area contributed by atoms with Crippen LogP contribution in [-0.2, 0) is 0 Å². The van der Waals surface area contributed by atoms with Crippen LogP contribution in [0.3, 0.4) is 0 Å². The molecule has 78 valence electrons. The number of rotatable bonds is 4. The lowest BCUT2D eigenvalue weighted by Crippen LogP contribution is -2.14. The van der Waals surface area contributed by atoms with Crippen molar-refractivity contribution in [3.05, 3.63) is 29.8 Å². The Morgan fingerprint density at radius 3 is 2.21 bits per heavy atom. The maximum Gasteiger partial charge on any atom is 0.130 e. The molecule has 0 aliphatic rings. The van der Waals surface area contributed by atoms with Crippen LogP contribution in [0.5, 0.6) is 0 Å². The van der Waals surface area contributed by atoms with Crippen LogP contribution in [0.4, 0.5) is 0 Å². The van der Waals surface area contributed by atoms with Crippen molar-refractivity contribution in [3.63, 3.8) is 0 Å². The van der Waals surface area contributed by atoms with Crippen molar-refractivity contribution in [1.29, 1.82) is 0 Å². The molecule has 14 heavy (non-hydrogen) atoms. The van der Waals surface area contributed by atoms with E-state index in [0.717, 1.165) is 5.56 Å². The van der Waals surface area contributed by atoms with Gasteiger partial charge in [0.15, 0.2) is 0 Å². The van der Waals surface area contributed by atoms with Crippen LogP contribution in [0.2, 0.25) is 0 Å². The zero-order valence-electron chi connectivity index (χ0n) is 8.82. The standard InChI is InChI=1S/C11H17NOS/c1-8(2)14-10-6-4-9(5-7-10)11(13)12-3/h4-8,11-13H,1-3H3. The van der Waals surface area contributed by atoms with E-state index in [-0.39, 0.29) is 0 Å². The molecule has 0 aliphatic carbocycles. The van der Waals surface area contributed by atoms with Crippen molar-refractivity contribution in [2.45, 2.75) is 30.2 Å². The maximum absolute atomic E-state index is 9.48. The summed E-state index contributed by atoms with van der Waals surface area (Å²) in [5.74, 6) is 0. The van der Waals surface area contributed by atoms with Gasteiger partial charge in [-0.15, -0.1) is 11.8 Å². The summed E-state index contributed by atoms with van der Waals surface area (Å²) in [6, 6.07) is 7.98. The smallest absolute Gasteiger partial charge is 0.130 e. The van der Waals surface area contributed by atoms with Gasteiger partial charge in [0, 0.05) is 10.1 Å². The summed E-state index contributed by atoms with van der Waals surface area (Å²) in [5, 5.41) is 12.9. The van der Waals surface area contributed by atoms with Gasteiger partial charge in [0.25, 0.3) is 0 Å². The fraction of sp³-hybridized carbons (Fsp3) is 0.455. The quantitative estimate of drug-likeness (QED) is 0.592. The second kappa shape index (κ2) is 5.39. The molecule has 1 atom stereocenters. The predicted octanol–water partition coefficient (Wildman–Crippen LogP) is 2.40. The van der Waals surface area contributed by atoms with Gasteiger partial charge in [-0.2, -0.15) is 0 Å². The van der Waals surface area contributed by atoms with Gasteiger partial charge >= 0.3 is 0 Å². The van der Waals surface area contributed by atoms with E-state index in [1.807, 2.05) is 36.0 Å². The molecular weight excluding hydrogens is 194 g/mol. The molecule has 1 aromatic carbocycles. The molecule has 2 N–H and O–H groups in total. The summed E-state index contributed by atoms with van der Waals surface area (Å²) in [7, 11) is 1.74. The van der Waals surface area contributed by atoms with Gasteiger partial charge in [-0.1, -0.05) is 26.0 Å². The number of thioether (sulfide) groups is 1. The first-order chi connectivity index (χ1) is 6.63. The van der Waals surface area contributed by atoms with Gasteiger partial charge in [0.05, 0.1) is 0 Å². The lowest BCUT2D eigenvalue weighted by atomic mass is 10.2. The lowest BCUT2D eigenvalue weighted by Gasteiger charge is -2.10. The third-order valence-electron chi connectivity index (χ3n) is 1.84. The Labute approximate surface area is 89.7 Å². The Balaban J connectivity index is 2.68. The maximum atomic E-state index is 9.48. The van der Waals surface area contributed by atoms with Gasteiger partial charge in [0.1, 0.15) is 6.23 Å². The fourth-order valence-electron chi connectivity index (χ4n) is 1.17. The molecule has 0 amide bonds. The Hall–Kier alpha value is -0.510. The summed E-state index contributed by atoms with van der Waals surface area (Å²) in [5.41, 5.74) is 0.903. The molecule has 0 spiro atoms. The monoisotopic (exact) mass is 211 g/mol. The van der Waals surface area contributed by atoms with E-state index in [2.05, 4.69) is 19.2 Å². The molecule has 0 bridgehead atoms. The highest BCUT2D eigenvalue weighted by Gasteiger charge is 2.04. The van der Waals surface area contributed by atoms with Crippen molar-refractivity contribution in [3.8, 4) is 0 Å². The summed E-state index contributed by atoms with van der Waals surface area (Å²) in [6.07, 6.45) is -0.562. The fourth-order valence-corrected chi connectivity index (χ4v) is 2.01. The summed E-state index contributed by atoms with van der Waals surface area (Å²) < 4.78 is 0. The van der Waals surface area contributed by atoms with Crippen molar-refractivity contribution in [1.82, 2.24) is 5.32 Å². The average Bonchev–Trinajstić information content (AvgIpc) is 2.17. The summed E-state index contributed by atoms with van der Waals surface area (Å²) in [4.78, 5) is 1.24. The second-order valence-electron chi connectivity index (χ2n) is 3.43. The average molecular weight is 211 g/mol. The van der Waals surface area contributed by atoms with Crippen molar-refractivity contribution in [2.24, 2.45) is 0 Å². The Bertz CT molecular complexity index is 271. The van der Waals surface area contributed by atoms with Crippen molar-refractivity contribution < 1.29 is 5.11 Å². The Morgan fingerprint density at radius 1 is 1.21 bits per heavy atom. The second-order valence-corrected chi connectivity index (χ2v) is 5.08. The molecule has 0 aliphatic heterocycles. The normalized spacial score (nSPS) is 13.2. The summed E-state index contributed by atoms with van der Waals surface area (Å²) >= 11 is 1.82. The lowest BCUT2D eigenvalue weighted by molar-refractivity contribution is 0.149. The first-order valence-corrected chi connectivity index (χ1v) is 5.63. The number of nitrogens with one attached hydrogen (secondary N) is 1. The highest BCUT2D eigenvalue weighted by atomic mass is 32.2. The van der Waals surface area contributed by atoms with E-state index in [0.29, 0.717) is 5.25 Å². The van der Waals surface area contributed by atoms with Crippen LogP contribution in [0.15, 0.2) is 29.2 Å². The van der Waals surface area contributed by atoms with Crippen LogP contribution < -0.4 is 5.32 Å². The van der Waals surface area contributed by atoms with Crippen LogP contribution in [-0.4, -0.2) is 17.4 Å². The van der Waals surface area contributed by atoms with Crippen LogP contribution in [0, 0.1) is 0 Å². The Morgan fingerprint density at radius 2 is 1.79 bits per heavy atom. The van der Waals surface area contributed by atoms with E-state index >= 15 is 0 Å². The predicted molar refractivity (Wildman–Crippen MR) is 61.5 cm³/mol. The largest absolute Gasteiger partial charge is 0.374 e. The third-order valence-corrected chi connectivity index (χ3v) is 2.86. The van der Waals surface area contributed by atoms with Crippen LogP contribution in [0.1, 0.15) is 25.6 Å². The van der Waals surface area contributed by atoms with E-state index in [1.165, 1.54) is 4.90 Å². The molecule has 0 saturated heterocycles. The van der Waals surface area contributed by atoms with Crippen molar-refractivity contribution in [2.75, 3.05) is 7.05 Å². The van der Waals surface area contributed by atoms with E-state index in [4.69, 9.17) is 0 Å². The Kier molecular flexibility index (Phi) is 4.45. The molecule has 0 radical (unpaired) electrons. The van der Waals surface area contributed by atoms with Crippen LogP contribution >= 0.6 is 11.8 Å². The highest BCUT2D eigenvalue weighted by molar-refractivity contribution is 7.99. The topological polar surface area (TPSA) is 32.3 Å². The van der Waals surface area contributed by atoms with Crippen molar-refractivity contribution >= 4 is 11.8 Å². The molecule has 0 fully saturated rings. The minimum Gasteiger partial charge on any atom is -0.374 e. The van der Waals surface area contributed by atoms with E-state index in [9.17, 15) is 5.11 Å². The first-order valence-electron chi connectivity index (χ1n) is 4.75. The number of aliphatic hydroxyl groups is 1. The number of aliphatic hydroxyl groups excluding tert-OH is 1. The number of hydrogen-bond donors (Lipinski definition) is 2. The molecule has 1 unspecified atom stereocenters. The number of benzene rings is 1. The van der Waals surface area contributed by atoms with E-state index < -0.39 is 6.23 Å². The van der Waals surface area contributed by atoms with Gasteiger partial charge in [0.2, 0.25) is 0 Å². The molecular formula is C11H17NOS. The molecule has 1 rings (SSSR count). The van der Waals surface area contributed by atoms with Gasteiger partial charge < -0.3 is 5.11 Å². The number of hydrogen-bond acceptors (Lipinski definition) is 3. The highest BCUT2D eigenvalue weighted by Crippen LogP contribution is 2.23. The molecule has 0 heterocycles.